The van der Waals surface area contributed by atoms with Crippen LogP contribution in [0.25, 0.3) is 0 Å². The summed E-state index contributed by atoms with van der Waals surface area (Å²) in [5, 5.41) is 2.34. The molecule has 1 atom stereocenters. The van der Waals surface area contributed by atoms with Crippen molar-refractivity contribution in [1.29, 1.82) is 0 Å². The summed E-state index contributed by atoms with van der Waals surface area (Å²) in [6.45, 7) is 7.58. The SMILES string of the molecule is C=C(C)/C(=C/C)C1CCC(=O)NC1=O. The fourth-order valence-corrected chi connectivity index (χ4v) is 1.74. The highest BCUT2D eigenvalue weighted by atomic mass is 16.2. The van der Waals surface area contributed by atoms with Crippen molar-refractivity contribution < 1.29 is 9.59 Å². The van der Waals surface area contributed by atoms with Crippen LogP contribution >= 0.6 is 0 Å². The summed E-state index contributed by atoms with van der Waals surface area (Å²) in [4.78, 5) is 22.4. The van der Waals surface area contributed by atoms with Gasteiger partial charge in [0.25, 0.3) is 0 Å². The minimum absolute atomic E-state index is 0.177. The van der Waals surface area contributed by atoms with E-state index >= 15 is 0 Å². The van der Waals surface area contributed by atoms with E-state index < -0.39 is 0 Å². The Kier molecular flexibility index (Phi) is 3.23. The first-order chi connectivity index (χ1) is 6.56. The number of piperidine rings is 1. The summed E-state index contributed by atoms with van der Waals surface area (Å²) in [5.41, 5.74) is 1.83. The number of allylic oxidation sites excluding steroid dienone is 2. The predicted octanol–water partition coefficient (Wildman–Crippen LogP) is 1.56. The number of hydrogen-bond donors (Lipinski definition) is 1. The molecular formula is C11H15NO2. The van der Waals surface area contributed by atoms with Gasteiger partial charge in [0.05, 0.1) is 5.92 Å². The van der Waals surface area contributed by atoms with Crippen LogP contribution in [0.5, 0.6) is 0 Å². The zero-order chi connectivity index (χ0) is 10.7. The summed E-state index contributed by atoms with van der Waals surface area (Å²) in [6.07, 6.45) is 2.90. The van der Waals surface area contributed by atoms with Gasteiger partial charge >= 0.3 is 0 Å². The lowest BCUT2D eigenvalue weighted by Gasteiger charge is -2.23. The summed E-state index contributed by atoms with van der Waals surface area (Å²) < 4.78 is 0. The first-order valence-electron chi connectivity index (χ1n) is 4.72. The van der Waals surface area contributed by atoms with Crippen molar-refractivity contribution in [1.82, 2.24) is 5.32 Å². The van der Waals surface area contributed by atoms with Crippen LogP contribution in [0.15, 0.2) is 23.8 Å². The summed E-state index contributed by atoms with van der Waals surface area (Å²) in [7, 11) is 0. The Morgan fingerprint density at radius 1 is 1.57 bits per heavy atom. The molecule has 1 rings (SSSR count). The van der Waals surface area contributed by atoms with Crippen LogP contribution < -0.4 is 5.32 Å². The maximum absolute atomic E-state index is 11.5. The van der Waals surface area contributed by atoms with E-state index in [1.807, 2.05) is 19.9 Å². The topological polar surface area (TPSA) is 46.2 Å². The number of carbonyl (C=O) groups is 2. The largest absolute Gasteiger partial charge is 0.296 e. The van der Waals surface area contributed by atoms with Crippen molar-refractivity contribution in [2.75, 3.05) is 0 Å². The zero-order valence-corrected chi connectivity index (χ0v) is 8.59. The van der Waals surface area contributed by atoms with Gasteiger partial charge in [-0.25, -0.2) is 0 Å². The van der Waals surface area contributed by atoms with Crippen molar-refractivity contribution in [2.45, 2.75) is 26.7 Å². The molecule has 1 saturated heterocycles. The van der Waals surface area contributed by atoms with E-state index in [9.17, 15) is 9.59 Å². The molecule has 1 unspecified atom stereocenters. The molecule has 0 spiro atoms. The first-order valence-corrected chi connectivity index (χ1v) is 4.72. The highest BCUT2D eigenvalue weighted by Crippen LogP contribution is 2.25. The lowest BCUT2D eigenvalue weighted by Crippen LogP contribution is -2.41. The minimum atomic E-state index is -0.199. The van der Waals surface area contributed by atoms with E-state index in [1.165, 1.54) is 0 Å². The second-order valence-electron chi connectivity index (χ2n) is 3.53. The normalized spacial score (nSPS) is 23.3. The smallest absolute Gasteiger partial charge is 0.234 e. The van der Waals surface area contributed by atoms with Crippen molar-refractivity contribution in [3.05, 3.63) is 23.8 Å². The maximum atomic E-state index is 11.5. The molecule has 1 heterocycles. The maximum Gasteiger partial charge on any atom is 0.234 e. The molecule has 0 aromatic carbocycles. The molecule has 3 heteroatoms. The van der Waals surface area contributed by atoms with Gasteiger partial charge in [0, 0.05) is 6.42 Å². The Hall–Kier alpha value is -1.38. The van der Waals surface area contributed by atoms with Gasteiger partial charge in [-0.2, -0.15) is 0 Å². The van der Waals surface area contributed by atoms with E-state index in [0.29, 0.717) is 12.8 Å². The van der Waals surface area contributed by atoms with Crippen LogP contribution in [0.1, 0.15) is 26.7 Å². The molecule has 0 saturated carbocycles. The quantitative estimate of drug-likeness (QED) is 0.534. The second kappa shape index (κ2) is 4.22. The molecule has 2 amide bonds. The van der Waals surface area contributed by atoms with Crippen LogP contribution in [0.4, 0.5) is 0 Å². The van der Waals surface area contributed by atoms with E-state index in [-0.39, 0.29) is 17.7 Å². The molecular weight excluding hydrogens is 178 g/mol. The van der Waals surface area contributed by atoms with Gasteiger partial charge in [-0.05, 0) is 25.8 Å². The van der Waals surface area contributed by atoms with Crippen molar-refractivity contribution in [3.63, 3.8) is 0 Å². The van der Waals surface area contributed by atoms with E-state index in [1.54, 1.807) is 0 Å². The fraction of sp³-hybridized carbons (Fsp3) is 0.455. The highest BCUT2D eigenvalue weighted by molar-refractivity contribution is 6.00. The lowest BCUT2D eigenvalue weighted by atomic mass is 9.87. The molecule has 0 radical (unpaired) electrons. The van der Waals surface area contributed by atoms with Gasteiger partial charge in [-0.3, -0.25) is 14.9 Å². The Labute approximate surface area is 83.9 Å². The molecule has 0 aromatic heterocycles. The van der Waals surface area contributed by atoms with E-state index in [0.717, 1.165) is 11.1 Å². The number of hydrogen-bond acceptors (Lipinski definition) is 2. The number of imide groups is 1. The van der Waals surface area contributed by atoms with Crippen LogP contribution in [-0.2, 0) is 9.59 Å². The van der Waals surface area contributed by atoms with Crippen molar-refractivity contribution >= 4 is 11.8 Å². The molecule has 1 aliphatic heterocycles. The number of carbonyl (C=O) groups excluding carboxylic acids is 2. The molecule has 3 nitrogen and oxygen atoms in total. The second-order valence-corrected chi connectivity index (χ2v) is 3.53. The predicted molar refractivity (Wildman–Crippen MR) is 54.4 cm³/mol. The lowest BCUT2D eigenvalue weighted by molar-refractivity contribution is -0.135. The third-order valence-electron chi connectivity index (χ3n) is 2.42. The Morgan fingerprint density at radius 3 is 2.64 bits per heavy atom. The Bertz CT molecular complexity index is 315. The average Bonchev–Trinajstić information content (AvgIpc) is 2.09. The molecule has 0 aromatic rings. The molecule has 1 fully saturated rings. The average molecular weight is 193 g/mol. The molecule has 76 valence electrons. The van der Waals surface area contributed by atoms with Crippen LogP contribution in [-0.4, -0.2) is 11.8 Å². The molecule has 14 heavy (non-hydrogen) atoms. The third-order valence-corrected chi connectivity index (χ3v) is 2.42. The first kappa shape index (κ1) is 10.7. The number of amides is 2. The molecule has 1 aliphatic rings. The van der Waals surface area contributed by atoms with Crippen molar-refractivity contribution in [2.24, 2.45) is 5.92 Å². The Balaban J connectivity index is 2.83. The standard InChI is InChI=1S/C11H15NO2/c1-4-8(7(2)3)9-5-6-10(13)12-11(9)14/h4,9H,2,5-6H2,1,3H3,(H,12,13,14)/b8-4-. The fourth-order valence-electron chi connectivity index (χ4n) is 1.74. The van der Waals surface area contributed by atoms with Gasteiger partial charge in [-0.15, -0.1) is 0 Å². The summed E-state index contributed by atoms with van der Waals surface area (Å²) in [6, 6.07) is 0. The van der Waals surface area contributed by atoms with Gasteiger partial charge in [0.1, 0.15) is 0 Å². The zero-order valence-electron chi connectivity index (χ0n) is 8.59. The van der Waals surface area contributed by atoms with Gasteiger partial charge in [0.2, 0.25) is 11.8 Å². The summed E-state index contributed by atoms with van der Waals surface area (Å²) >= 11 is 0. The van der Waals surface area contributed by atoms with Gasteiger partial charge in [0.15, 0.2) is 0 Å². The summed E-state index contributed by atoms with van der Waals surface area (Å²) in [5.74, 6) is -0.573. The number of rotatable bonds is 2. The van der Waals surface area contributed by atoms with Crippen LogP contribution in [0, 0.1) is 5.92 Å². The Morgan fingerprint density at radius 2 is 2.21 bits per heavy atom. The number of nitrogens with one attached hydrogen (secondary N) is 1. The monoisotopic (exact) mass is 193 g/mol. The third kappa shape index (κ3) is 2.10. The van der Waals surface area contributed by atoms with E-state index in [4.69, 9.17) is 0 Å². The van der Waals surface area contributed by atoms with E-state index in [2.05, 4.69) is 11.9 Å². The molecule has 0 bridgehead atoms. The molecule has 1 N–H and O–H groups in total. The van der Waals surface area contributed by atoms with Crippen LogP contribution in [0.2, 0.25) is 0 Å². The molecule has 0 aliphatic carbocycles. The highest BCUT2D eigenvalue weighted by Gasteiger charge is 2.29. The van der Waals surface area contributed by atoms with Gasteiger partial charge < -0.3 is 0 Å². The van der Waals surface area contributed by atoms with Crippen molar-refractivity contribution in [3.8, 4) is 0 Å². The van der Waals surface area contributed by atoms with Crippen LogP contribution in [0.3, 0.4) is 0 Å². The minimum Gasteiger partial charge on any atom is -0.296 e. The van der Waals surface area contributed by atoms with Gasteiger partial charge in [-0.1, -0.05) is 18.2 Å².